The van der Waals surface area contributed by atoms with Gasteiger partial charge < -0.3 is 10.4 Å². The summed E-state index contributed by atoms with van der Waals surface area (Å²) in [6.07, 6.45) is 1.27. The SMILES string of the molecule is Cc1c(Cl)cnc(Nc2c(C(=O)O)ccc(F)c2F)c1Cl. The van der Waals surface area contributed by atoms with Gasteiger partial charge in [0.1, 0.15) is 5.82 Å². The third kappa shape index (κ3) is 2.91. The fourth-order valence-electron chi connectivity index (χ4n) is 1.61. The molecule has 110 valence electrons. The first kappa shape index (κ1) is 15.5. The Morgan fingerprint density at radius 3 is 2.62 bits per heavy atom. The number of halogens is 4. The summed E-state index contributed by atoms with van der Waals surface area (Å²) >= 11 is 11.8. The Hall–Kier alpha value is -1.92. The fraction of sp³-hybridized carbons (Fsp3) is 0.0769. The Kier molecular flexibility index (Phi) is 4.29. The summed E-state index contributed by atoms with van der Waals surface area (Å²) in [5.74, 6) is -3.96. The quantitative estimate of drug-likeness (QED) is 0.873. The average molecular weight is 333 g/mol. The number of aromatic carboxylic acids is 1. The van der Waals surface area contributed by atoms with E-state index in [2.05, 4.69) is 10.3 Å². The maximum Gasteiger partial charge on any atom is 0.337 e. The molecule has 2 aromatic rings. The monoisotopic (exact) mass is 332 g/mol. The molecule has 1 aromatic heterocycles. The Labute approximate surface area is 128 Å². The normalized spacial score (nSPS) is 10.5. The van der Waals surface area contributed by atoms with Crippen molar-refractivity contribution < 1.29 is 18.7 Å². The fourth-order valence-corrected chi connectivity index (χ4v) is 2.00. The molecule has 0 aliphatic heterocycles. The molecule has 0 aliphatic carbocycles. The molecule has 8 heteroatoms. The van der Waals surface area contributed by atoms with E-state index in [1.165, 1.54) is 6.20 Å². The van der Waals surface area contributed by atoms with Crippen molar-refractivity contribution in [2.24, 2.45) is 0 Å². The van der Waals surface area contributed by atoms with Crippen molar-refractivity contribution in [2.45, 2.75) is 6.92 Å². The van der Waals surface area contributed by atoms with Crippen LogP contribution in [-0.4, -0.2) is 16.1 Å². The first-order chi connectivity index (χ1) is 9.82. The zero-order chi connectivity index (χ0) is 15.7. The van der Waals surface area contributed by atoms with Crippen LogP contribution in [0.4, 0.5) is 20.3 Å². The highest BCUT2D eigenvalue weighted by atomic mass is 35.5. The topological polar surface area (TPSA) is 62.2 Å². The molecule has 2 rings (SSSR count). The lowest BCUT2D eigenvalue weighted by Gasteiger charge is -2.13. The number of pyridine rings is 1. The Bertz CT molecular complexity index is 739. The predicted molar refractivity (Wildman–Crippen MR) is 75.6 cm³/mol. The van der Waals surface area contributed by atoms with Crippen molar-refractivity contribution in [3.8, 4) is 0 Å². The molecule has 21 heavy (non-hydrogen) atoms. The minimum Gasteiger partial charge on any atom is -0.478 e. The second-order valence-electron chi connectivity index (χ2n) is 4.11. The van der Waals surface area contributed by atoms with Gasteiger partial charge in [0.2, 0.25) is 0 Å². The summed E-state index contributed by atoms with van der Waals surface area (Å²) in [5, 5.41) is 11.8. The van der Waals surface area contributed by atoms with Gasteiger partial charge in [-0.05, 0) is 24.6 Å². The molecular formula is C13H8Cl2F2N2O2. The van der Waals surface area contributed by atoms with Crippen molar-refractivity contribution >= 4 is 40.7 Å². The maximum absolute atomic E-state index is 13.8. The molecule has 0 saturated heterocycles. The van der Waals surface area contributed by atoms with E-state index in [-0.39, 0.29) is 10.8 Å². The first-order valence-electron chi connectivity index (χ1n) is 5.61. The second kappa shape index (κ2) is 5.83. The van der Waals surface area contributed by atoms with Crippen LogP contribution < -0.4 is 5.32 Å². The number of anilines is 2. The van der Waals surface area contributed by atoms with E-state index < -0.39 is 28.9 Å². The zero-order valence-corrected chi connectivity index (χ0v) is 12.1. The van der Waals surface area contributed by atoms with Crippen LogP contribution in [0.15, 0.2) is 18.3 Å². The minimum atomic E-state index is -1.42. The van der Waals surface area contributed by atoms with Crippen LogP contribution >= 0.6 is 23.2 Å². The van der Waals surface area contributed by atoms with Crippen molar-refractivity contribution in [2.75, 3.05) is 5.32 Å². The number of carboxylic acid groups (broad SMARTS) is 1. The Balaban J connectivity index is 2.56. The van der Waals surface area contributed by atoms with Crippen LogP contribution in [0.5, 0.6) is 0 Å². The lowest BCUT2D eigenvalue weighted by atomic mass is 10.1. The van der Waals surface area contributed by atoms with Crippen molar-refractivity contribution in [3.05, 3.63) is 51.1 Å². The second-order valence-corrected chi connectivity index (χ2v) is 4.89. The number of benzene rings is 1. The third-order valence-electron chi connectivity index (χ3n) is 2.77. The molecule has 0 atom stereocenters. The largest absolute Gasteiger partial charge is 0.478 e. The van der Waals surface area contributed by atoms with Crippen molar-refractivity contribution in [3.63, 3.8) is 0 Å². The van der Waals surface area contributed by atoms with Gasteiger partial charge in [0.25, 0.3) is 0 Å². The number of nitrogens with zero attached hydrogens (tertiary/aromatic N) is 1. The lowest BCUT2D eigenvalue weighted by molar-refractivity contribution is 0.0697. The number of hydrogen-bond acceptors (Lipinski definition) is 3. The molecular weight excluding hydrogens is 325 g/mol. The van der Waals surface area contributed by atoms with Gasteiger partial charge in [0.05, 0.1) is 21.3 Å². The van der Waals surface area contributed by atoms with Gasteiger partial charge in [-0.15, -0.1) is 0 Å². The number of aromatic nitrogens is 1. The average Bonchev–Trinajstić information content (AvgIpc) is 2.44. The molecule has 1 aromatic carbocycles. The zero-order valence-electron chi connectivity index (χ0n) is 10.5. The molecule has 0 amide bonds. The van der Waals surface area contributed by atoms with Gasteiger partial charge in [-0.25, -0.2) is 18.6 Å². The predicted octanol–water partition coefficient (Wildman–Crippen LogP) is 4.42. The van der Waals surface area contributed by atoms with Crippen LogP contribution in [0.2, 0.25) is 10.0 Å². The molecule has 2 N–H and O–H groups in total. The summed E-state index contributed by atoms with van der Waals surface area (Å²) in [5.41, 5.74) is -0.525. The first-order valence-corrected chi connectivity index (χ1v) is 6.37. The van der Waals surface area contributed by atoms with E-state index in [4.69, 9.17) is 28.3 Å². The number of rotatable bonds is 3. The molecule has 1 heterocycles. The standard InChI is InChI=1S/C13H8Cl2F2N2O2/c1-5-7(14)4-18-12(9(5)15)19-11-6(13(20)21)2-3-8(16)10(11)17/h2-4H,1H3,(H,18,19)(H,20,21). The highest BCUT2D eigenvalue weighted by Crippen LogP contribution is 2.33. The number of carboxylic acids is 1. The van der Waals surface area contributed by atoms with Gasteiger partial charge in [0, 0.05) is 6.20 Å². The van der Waals surface area contributed by atoms with Crippen molar-refractivity contribution in [1.82, 2.24) is 4.98 Å². The summed E-state index contributed by atoms with van der Waals surface area (Å²) in [6.45, 7) is 1.61. The molecule has 0 aliphatic rings. The van der Waals surface area contributed by atoms with Gasteiger partial charge in [-0.2, -0.15) is 0 Å². The molecule has 0 saturated carbocycles. The van der Waals surface area contributed by atoms with Crippen LogP contribution in [0.25, 0.3) is 0 Å². The van der Waals surface area contributed by atoms with Crippen LogP contribution in [-0.2, 0) is 0 Å². The van der Waals surface area contributed by atoms with Crippen molar-refractivity contribution in [1.29, 1.82) is 0 Å². The van der Waals surface area contributed by atoms with Gasteiger partial charge >= 0.3 is 5.97 Å². The van der Waals surface area contributed by atoms with Gasteiger partial charge in [-0.1, -0.05) is 23.2 Å². The molecule has 0 spiro atoms. The Morgan fingerprint density at radius 2 is 2.00 bits per heavy atom. The van der Waals surface area contributed by atoms with Crippen LogP contribution in [0.1, 0.15) is 15.9 Å². The molecule has 4 nitrogen and oxygen atoms in total. The number of carbonyl (C=O) groups is 1. The summed E-state index contributed by atoms with van der Waals surface area (Å²) in [7, 11) is 0. The number of hydrogen-bond donors (Lipinski definition) is 2. The van der Waals surface area contributed by atoms with Crippen LogP contribution in [0, 0.1) is 18.6 Å². The van der Waals surface area contributed by atoms with E-state index in [1.807, 2.05) is 0 Å². The van der Waals surface area contributed by atoms with E-state index >= 15 is 0 Å². The molecule has 0 unspecified atom stereocenters. The van der Waals surface area contributed by atoms with E-state index in [9.17, 15) is 13.6 Å². The molecule has 0 fully saturated rings. The third-order valence-corrected chi connectivity index (χ3v) is 3.61. The highest BCUT2D eigenvalue weighted by Gasteiger charge is 2.20. The lowest BCUT2D eigenvalue weighted by Crippen LogP contribution is -2.08. The van der Waals surface area contributed by atoms with Gasteiger partial charge in [0.15, 0.2) is 11.6 Å². The highest BCUT2D eigenvalue weighted by molar-refractivity contribution is 6.37. The molecule has 0 radical (unpaired) electrons. The number of nitrogens with one attached hydrogen (secondary N) is 1. The summed E-state index contributed by atoms with van der Waals surface area (Å²) in [6, 6.07) is 1.67. The summed E-state index contributed by atoms with van der Waals surface area (Å²) < 4.78 is 27.1. The smallest absolute Gasteiger partial charge is 0.337 e. The van der Waals surface area contributed by atoms with E-state index in [0.717, 1.165) is 12.1 Å². The van der Waals surface area contributed by atoms with E-state index in [0.29, 0.717) is 10.6 Å². The molecule has 0 bridgehead atoms. The Morgan fingerprint density at radius 1 is 1.33 bits per heavy atom. The van der Waals surface area contributed by atoms with E-state index in [1.54, 1.807) is 6.92 Å². The van der Waals surface area contributed by atoms with Gasteiger partial charge in [-0.3, -0.25) is 0 Å². The maximum atomic E-state index is 13.8. The minimum absolute atomic E-state index is 0.0226. The van der Waals surface area contributed by atoms with Crippen LogP contribution in [0.3, 0.4) is 0 Å². The summed E-state index contributed by atoms with van der Waals surface area (Å²) in [4.78, 5) is 14.9.